The van der Waals surface area contributed by atoms with E-state index in [1.54, 1.807) is 36.8 Å². The molecular weight excluding hydrogens is 328 g/mol. The van der Waals surface area contributed by atoms with Crippen LogP contribution in [0, 0.1) is 6.92 Å². The predicted octanol–water partition coefficient (Wildman–Crippen LogP) is 4.27. The van der Waals surface area contributed by atoms with Gasteiger partial charge in [0, 0.05) is 25.1 Å². The molecule has 0 bridgehead atoms. The van der Waals surface area contributed by atoms with Crippen molar-refractivity contribution in [2.24, 2.45) is 4.99 Å². The molecule has 0 saturated carbocycles. The Balaban J connectivity index is 1.76. The number of likely N-dealkylation sites (N-methyl/N-ethyl adjacent to an activating group) is 1. The number of benzene rings is 1. The van der Waals surface area contributed by atoms with Crippen LogP contribution in [-0.4, -0.2) is 30.1 Å². The Morgan fingerprint density at radius 3 is 2.61 bits per heavy atom. The number of hydrogen-bond donors (Lipinski definition) is 0. The van der Waals surface area contributed by atoms with Gasteiger partial charge in [0.25, 0.3) is 5.91 Å². The van der Waals surface area contributed by atoms with Crippen LogP contribution in [0.5, 0.6) is 0 Å². The molecule has 1 saturated heterocycles. The predicted molar refractivity (Wildman–Crippen MR) is 95.7 cm³/mol. The average Bonchev–Trinajstić information content (AvgIpc) is 3.09. The summed E-state index contributed by atoms with van der Waals surface area (Å²) in [7, 11) is 3.40. The van der Waals surface area contributed by atoms with E-state index in [0.29, 0.717) is 15.8 Å². The quantitative estimate of drug-likeness (QED) is 0.780. The van der Waals surface area contributed by atoms with E-state index in [1.165, 1.54) is 17.3 Å². The first kappa shape index (κ1) is 16.0. The Kier molecular flexibility index (Phi) is 4.63. The number of amides is 1. The number of aryl methyl sites for hydroxylation is 1. The van der Waals surface area contributed by atoms with Crippen LogP contribution >= 0.6 is 23.5 Å². The largest absolute Gasteiger partial charge is 0.450 e. The molecule has 1 aliphatic heterocycles. The molecule has 0 unspecified atom stereocenters. The van der Waals surface area contributed by atoms with Crippen LogP contribution in [-0.2, 0) is 4.79 Å². The van der Waals surface area contributed by atoms with E-state index in [-0.39, 0.29) is 5.91 Å². The molecule has 3 rings (SSSR count). The molecule has 1 fully saturated rings. The molecule has 0 N–H and O–H groups in total. The molecule has 1 aliphatic rings. The first-order valence-corrected chi connectivity index (χ1v) is 8.69. The van der Waals surface area contributed by atoms with Crippen LogP contribution in [0.25, 0.3) is 6.08 Å². The first-order chi connectivity index (χ1) is 11.1. The summed E-state index contributed by atoms with van der Waals surface area (Å²) in [6, 6.07) is 12.1. The molecule has 118 valence electrons. The number of hydrogen-bond acceptors (Lipinski definition) is 5. The van der Waals surface area contributed by atoms with Crippen molar-refractivity contribution >= 4 is 40.7 Å². The lowest BCUT2D eigenvalue weighted by Gasteiger charge is -2.04. The van der Waals surface area contributed by atoms with Gasteiger partial charge in [-0.3, -0.25) is 14.7 Å². The van der Waals surface area contributed by atoms with Gasteiger partial charge in [0.1, 0.15) is 5.76 Å². The molecule has 0 aliphatic carbocycles. The molecule has 0 spiro atoms. The van der Waals surface area contributed by atoms with Gasteiger partial charge in [0.15, 0.2) is 10.3 Å². The second kappa shape index (κ2) is 6.68. The standard InChI is InChI=1S/C17H16N2O2S2/c1-11-4-7-13(8-5-11)22-15-9-6-12(21-15)10-14-16(20)19(3)17(18-2)23-14/h4-10H,1-3H3/b14-10-,18-17?. The number of thioether (sulfide) groups is 1. The van der Waals surface area contributed by atoms with Crippen molar-refractivity contribution in [1.29, 1.82) is 0 Å². The van der Waals surface area contributed by atoms with Gasteiger partial charge in [0.2, 0.25) is 0 Å². The van der Waals surface area contributed by atoms with Crippen molar-refractivity contribution in [3.8, 4) is 0 Å². The molecule has 4 nitrogen and oxygen atoms in total. The van der Waals surface area contributed by atoms with Crippen LogP contribution < -0.4 is 0 Å². The molecule has 2 heterocycles. The van der Waals surface area contributed by atoms with E-state index in [9.17, 15) is 4.79 Å². The van der Waals surface area contributed by atoms with Crippen molar-refractivity contribution in [3.63, 3.8) is 0 Å². The zero-order chi connectivity index (χ0) is 16.4. The van der Waals surface area contributed by atoms with Gasteiger partial charge in [-0.2, -0.15) is 0 Å². The lowest BCUT2D eigenvalue weighted by atomic mass is 10.2. The minimum Gasteiger partial charge on any atom is -0.450 e. The van der Waals surface area contributed by atoms with E-state index >= 15 is 0 Å². The van der Waals surface area contributed by atoms with Crippen LogP contribution in [0.3, 0.4) is 0 Å². The van der Waals surface area contributed by atoms with E-state index in [0.717, 1.165) is 9.99 Å². The topological polar surface area (TPSA) is 45.8 Å². The summed E-state index contributed by atoms with van der Waals surface area (Å²) in [5, 5.41) is 1.50. The monoisotopic (exact) mass is 344 g/mol. The number of rotatable bonds is 3. The van der Waals surface area contributed by atoms with Crippen LogP contribution in [0.4, 0.5) is 0 Å². The molecule has 1 amide bonds. The van der Waals surface area contributed by atoms with Gasteiger partial charge < -0.3 is 4.42 Å². The van der Waals surface area contributed by atoms with E-state index in [1.807, 2.05) is 12.1 Å². The summed E-state index contributed by atoms with van der Waals surface area (Å²) in [4.78, 5) is 19.5. The third-order valence-corrected chi connectivity index (χ3v) is 5.39. The second-order valence-corrected chi connectivity index (χ2v) is 7.14. The molecule has 6 heteroatoms. The van der Waals surface area contributed by atoms with Gasteiger partial charge >= 0.3 is 0 Å². The number of amidine groups is 1. The summed E-state index contributed by atoms with van der Waals surface area (Å²) < 4.78 is 5.79. The molecular formula is C17H16N2O2S2. The SMILES string of the molecule is CN=C1S/C(=C\c2ccc(Sc3ccc(C)cc3)o2)C(=O)N1C. The first-order valence-electron chi connectivity index (χ1n) is 7.05. The lowest BCUT2D eigenvalue weighted by molar-refractivity contribution is -0.121. The summed E-state index contributed by atoms with van der Waals surface area (Å²) in [6.07, 6.45) is 1.76. The van der Waals surface area contributed by atoms with E-state index in [2.05, 4.69) is 36.2 Å². The maximum absolute atomic E-state index is 12.1. The van der Waals surface area contributed by atoms with Crippen molar-refractivity contribution in [2.45, 2.75) is 16.9 Å². The minimum absolute atomic E-state index is 0.0558. The Bertz CT molecular complexity index is 791. The highest BCUT2D eigenvalue weighted by Gasteiger charge is 2.29. The molecule has 1 aromatic carbocycles. The maximum Gasteiger partial charge on any atom is 0.266 e. The molecule has 1 aromatic heterocycles. The molecule has 23 heavy (non-hydrogen) atoms. The lowest BCUT2D eigenvalue weighted by Crippen LogP contribution is -2.23. The van der Waals surface area contributed by atoms with Gasteiger partial charge in [-0.05, 0) is 43.0 Å². The van der Waals surface area contributed by atoms with Crippen molar-refractivity contribution in [1.82, 2.24) is 4.90 Å². The van der Waals surface area contributed by atoms with E-state index in [4.69, 9.17) is 4.42 Å². The minimum atomic E-state index is -0.0558. The molecule has 0 atom stereocenters. The van der Waals surface area contributed by atoms with Crippen LogP contribution in [0.2, 0.25) is 0 Å². The number of aliphatic imine (C=N–C) groups is 1. The van der Waals surface area contributed by atoms with Gasteiger partial charge in [-0.15, -0.1) is 0 Å². The highest BCUT2D eigenvalue weighted by molar-refractivity contribution is 8.18. The Morgan fingerprint density at radius 2 is 1.96 bits per heavy atom. The van der Waals surface area contributed by atoms with Crippen molar-refractivity contribution < 1.29 is 9.21 Å². The maximum atomic E-state index is 12.1. The Morgan fingerprint density at radius 1 is 1.22 bits per heavy atom. The van der Waals surface area contributed by atoms with Crippen molar-refractivity contribution in [3.05, 3.63) is 52.6 Å². The smallest absolute Gasteiger partial charge is 0.266 e. The number of carbonyl (C=O) groups excluding carboxylic acids is 1. The number of nitrogens with zero attached hydrogens (tertiary/aromatic N) is 2. The fourth-order valence-electron chi connectivity index (χ4n) is 2.07. The number of carbonyl (C=O) groups is 1. The summed E-state index contributed by atoms with van der Waals surface area (Å²) >= 11 is 2.92. The van der Waals surface area contributed by atoms with E-state index < -0.39 is 0 Å². The normalized spacial score (nSPS) is 18.4. The Hall–Kier alpha value is -1.92. The summed E-state index contributed by atoms with van der Waals surface area (Å²) in [6.45, 7) is 2.06. The fourth-order valence-corrected chi connectivity index (χ4v) is 3.75. The highest BCUT2D eigenvalue weighted by atomic mass is 32.2. The van der Waals surface area contributed by atoms with Gasteiger partial charge in [0.05, 0.1) is 4.91 Å². The van der Waals surface area contributed by atoms with Crippen LogP contribution in [0.1, 0.15) is 11.3 Å². The van der Waals surface area contributed by atoms with Gasteiger partial charge in [-0.1, -0.05) is 29.5 Å². The van der Waals surface area contributed by atoms with Gasteiger partial charge in [-0.25, -0.2) is 0 Å². The highest BCUT2D eigenvalue weighted by Crippen LogP contribution is 2.33. The second-order valence-electron chi connectivity index (χ2n) is 5.05. The molecule has 2 aromatic rings. The third-order valence-electron chi connectivity index (χ3n) is 3.31. The fraction of sp³-hybridized carbons (Fsp3) is 0.176. The number of furan rings is 1. The zero-order valence-corrected chi connectivity index (χ0v) is 14.7. The zero-order valence-electron chi connectivity index (χ0n) is 13.1. The average molecular weight is 344 g/mol. The third kappa shape index (κ3) is 3.54. The summed E-state index contributed by atoms with van der Waals surface area (Å²) in [5.74, 6) is 0.612. The molecule has 0 radical (unpaired) electrons. The summed E-state index contributed by atoms with van der Waals surface area (Å²) in [5.41, 5.74) is 1.23. The Labute approximate surface area is 143 Å². The van der Waals surface area contributed by atoms with Crippen molar-refractivity contribution in [2.75, 3.05) is 14.1 Å². The van der Waals surface area contributed by atoms with Crippen LogP contribution in [0.15, 0.2) is 60.7 Å².